The Morgan fingerprint density at radius 1 is 0.296 bits per heavy atom. The van der Waals surface area contributed by atoms with Crippen molar-refractivity contribution in [3.8, 4) is 22.3 Å². The Hall–Kier alpha value is -6.64. The molecular weight excluding hydrogens is 653 g/mol. The molecule has 0 aromatic heterocycles. The fraction of sp³-hybridized carbons (Fsp3) is 0.0769. The van der Waals surface area contributed by atoms with Crippen LogP contribution >= 0.6 is 0 Å². The minimum atomic E-state index is -0.519. The van der Waals surface area contributed by atoms with Crippen molar-refractivity contribution >= 4 is 22.7 Å². The van der Waals surface area contributed by atoms with Crippen LogP contribution in [0.5, 0.6) is 0 Å². The molecule has 0 saturated heterocycles. The highest BCUT2D eigenvalue weighted by atomic mass is 15.1. The van der Waals surface area contributed by atoms with Gasteiger partial charge in [-0.3, -0.25) is 0 Å². The van der Waals surface area contributed by atoms with E-state index in [1.54, 1.807) is 0 Å². The van der Waals surface area contributed by atoms with Crippen LogP contribution in [0.2, 0.25) is 0 Å². The largest absolute Gasteiger partial charge is 0.344 e. The average molecular weight is 691 g/mol. The molecule has 8 aromatic carbocycles. The summed E-state index contributed by atoms with van der Waals surface area (Å²) in [5, 5.41) is 0. The Labute approximate surface area is 317 Å². The van der Waals surface area contributed by atoms with Gasteiger partial charge in [0.25, 0.3) is 0 Å². The number of anilines is 4. The lowest BCUT2D eigenvalue weighted by atomic mass is 9.62. The molecule has 0 radical (unpaired) electrons. The van der Waals surface area contributed by atoms with Gasteiger partial charge in [0.15, 0.2) is 0 Å². The third-order valence-corrected chi connectivity index (χ3v) is 12.6. The van der Waals surface area contributed by atoms with E-state index in [1.165, 1.54) is 89.5 Å². The van der Waals surface area contributed by atoms with Crippen LogP contribution in [0.1, 0.15) is 44.5 Å². The summed E-state index contributed by atoms with van der Waals surface area (Å²) in [6.45, 7) is 0. The van der Waals surface area contributed by atoms with Gasteiger partial charge in [0.1, 0.15) is 0 Å². The average Bonchev–Trinajstić information content (AvgIpc) is 3.54. The number of benzene rings is 8. The second-order valence-corrected chi connectivity index (χ2v) is 14.9. The zero-order chi connectivity index (χ0) is 36.0. The van der Waals surface area contributed by atoms with Crippen LogP contribution in [0.4, 0.5) is 22.7 Å². The molecule has 0 fully saturated rings. The maximum atomic E-state index is 2.50. The molecule has 2 aliphatic heterocycles. The molecule has 1 spiro atoms. The van der Waals surface area contributed by atoms with E-state index in [9.17, 15) is 0 Å². The molecule has 0 unspecified atom stereocenters. The maximum absolute atomic E-state index is 2.50. The Bertz CT molecular complexity index is 2580. The van der Waals surface area contributed by atoms with Crippen LogP contribution in [-0.2, 0) is 10.8 Å². The van der Waals surface area contributed by atoms with Gasteiger partial charge >= 0.3 is 0 Å². The van der Waals surface area contributed by atoms with E-state index in [4.69, 9.17) is 0 Å². The van der Waals surface area contributed by atoms with Crippen LogP contribution in [0, 0.1) is 0 Å². The minimum absolute atomic E-state index is 0.452. The standard InChI is InChI=1S/C52H38N2/c1-53-47-27-15-13-25-43(47)51(37-17-5-3-6-18-37,38-19-7-4-8-20-38)45-33-35(29-31-49(45)53)36-30-32-50-46(34-36)52(44-26-14-16-28-48(44)54(50)2)41-23-11-9-21-39(41)40-22-10-12-24-42(40)52/h3-34H,1-2H3. The third-order valence-electron chi connectivity index (χ3n) is 12.6. The lowest BCUT2D eigenvalue weighted by Gasteiger charge is -2.46. The summed E-state index contributed by atoms with van der Waals surface area (Å²) in [5.41, 5.74) is 19.4. The number of hydrogen-bond donors (Lipinski definition) is 0. The van der Waals surface area contributed by atoms with Gasteiger partial charge in [0.2, 0.25) is 0 Å². The molecule has 2 heterocycles. The van der Waals surface area contributed by atoms with Gasteiger partial charge in [-0.05, 0) is 103 Å². The highest BCUT2D eigenvalue weighted by molar-refractivity contribution is 5.94. The molecule has 0 bridgehead atoms. The van der Waals surface area contributed by atoms with Crippen LogP contribution in [0.25, 0.3) is 22.3 Å². The maximum Gasteiger partial charge on any atom is 0.0754 e. The fourth-order valence-corrected chi connectivity index (χ4v) is 10.3. The van der Waals surface area contributed by atoms with Gasteiger partial charge in [-0.2, -0.15) is 0 Å². The van der Waals surface area contributed by atoms with E-state index in [1.807, 2.05) is 0 Å². The van der Waals surface area contributed by atoms with Crippen molar-refractivity contribution in [2.24, 2.45) is 0 Å². The first kappa shape index (κ1) is 30.9. The highest BCUT2D eigenvalue weighted by Crippen LogP contribution is 2.63. The molecule has 3 aliphatic rings. The zero-order valence-corrected chi connectivity index (χ0v) is 30.4. The van der Waals surface area contributed by atoms with Gasteiger partial charge in [0.05, 0.1) is 10.8 Å². The molecule has 2 heteroatoms. The predicted octanol–water partition coefficient (Wildman–Crippen LogP) is 12.3. The quantitative estimate of drug-likeness (QED) is 0.182. The van der Waals surface area contributed by atoms with E-state index in [0.29, 0.717) is 0 Å². The number of fused-ring (bicyclic) bond motifs is 11. The van der Waals surface area contributed by atoms with Gasteiger partial charge in [0, 0.05) is 36.8 Å². The Morgan fingerprint density at radius 3 is 1.13 bits per heavy atom. The smallest absolute Gasteiger partial charge is 0.0754 e. The summed E-state index contributed by atoms with van der Waals surface area (Å²) >= 11 is 0. The van der Waals surface area contributed by atoms with Crippen molar-refractivity contribution in [3.63, 3.8) is 0 Å². The first-order chi connectivity index (χ1) is 26.6. The monoisotopic (exact) mass is 690 g/mol. The zero-order valence-electron chi connectivity index (χ0n) is 30.4. The van der Waals surface area contributed by atoms with Crippen LogP contribution in [-0.4, -0.2) is 14.1 Å². The van der Waals surface area contributed by atoms with Gasteiger partial charge in [-0.25, -0.2) is 0 Å². The Balaban J connectivity index is 1.20. The SMILES string of the molecule is CN1c2ccccc2C(c2ccccc2)(c2ccccc2)c2cc(-c3ccc4c(c3)C3(c5ccccc5-c5ccccc53)c3ccccc3N4C)ccc21. The molecule has 11 rings (SSSR count). The Morgan fingerprint density at radius 2 is 0.648 bits per heavy atom. The third kappa shape index (κ3) is 3.90. The van der Waals surface area contributed by atoms with Crippen molar-refractivity contribution in [2.75, 3.05) is 23.9 Å². The lowest BCUT2D eigenvalue weighted by molar-refractivity contribution is 0.727. The molecular formula is C52H38N2. The lowest BCUT2D eigenvalue weighted by Crippen LogP contribution is -2.38. The molecule has 8 aromatic rings. The highest BCUT2D eigenvalue weighted by Gasteiger charge is 2.51. The van der Waals surface area contributed by atoms with Crippen LogP contribution in [0.3, 0.4) is 0 Å². The first-order valence-corrected chi connectivity index (χ1v) is 18.9. The number of rotatable bonds is 3. The number of nitrogens with zero attached hydrogens (tertiary/aromatic N) is 2. The van der Waals surface area contributed by atoms with Crippen molar-refractivity contribution in [1.82, 2.24) is 0 Å². The van der Waals surface area contributed by atoms with Crippen molar-refractivity contribution in [3.05, 3.63) is 239 Å². The first-order valence-electron chi connectivity index (χ1n) is 18.9. The minimum Gasteiger partial charge on any atom is -0.344 e. The molecule has 0 atom stereocenters. The van der Waals surface area contributed by atoms with E-state index in [-0.39, 0.29) is 0 Å². The van der Waals surface area contributed by atoms with E-state index in [2.05, 4.69) is 218 Å². The van der Waals surface area contributed by atoms with Gasteiger partial charge in [-0.1, -0.05) is 158 Å². The molecule has 54 heavy (non-hydrogen) atoms. The number of para-hydroxylation sites is 2. The van der Waals surface area contributed by atoms with Crippen molar-refractivity contribution in [1.29, 1.82) is 0 Å². The fourth-order valence-electron chi connectivity index (χ4n) is 10.3. The van der Waals surface area contributed by atoms with Gasteiger partial charge < -0.3 is 9.80 Å². The normalized spacial score (nSPS) is 15.1. The summed E-state index contributed by atoms with van der Waals surface area (Å²) in [6.07, 6.45) is 0. The summed E-state index contributed by atoms with van der Waals surface area (Å²) in [5.74, 6) is 0. The van der Waals surface area contributed by atoms with Crippen molar-refractivity contribution in [2.45, 2.75) is 10.8 Å². The summed E-state index contributed by atoms with van der Waals surface area (Å²) in [6, 6.07) is 72.6. The topological polar surface area (TPSA) is 6.48 Å². The Kier molecular flexibility index (Phi) is 6.55. The van der Waals surface area contributed by atoms with Gasteiger partial charge in [-0.15, -0.1) is 0 Å². The van der Waals surface area contributed by atoms with Crippen LogP contribution in [0.15, 0.2) is 194 Å². The molecule has 256 valence electrons. The summed E-state index contributed by atoms with van der Waals surface area (Å²) in [7, 11) is 4.43. The van der Waals surface area contributed by atoms with E-state index in [0.717, 1.165) is 0 Å². The second kappa shape index (κ2) is 11.4. The summed E-state index contributed by atoms with van der Waals surface area (Å²) < 4.78 is 0. The van der Waals surface area contributed by atoms with Crippen molar-refractivity contribution < 1.29 is 0 Å². The predicted molar refractivity (Wildman–Crippen MR) is 224 cm³/mol. The molecule has 0 amide bonds. The summed E-state index contributed by atoms with van der Waals surface area (Å²) in [4.78, 5) is 4.76. The molecule has 2 nitrogen and oxygen atoms in total. The molecule has 1 aliphatic carbocycles. The van der Waals surface area contributed by atoms with Crippen LogP contribution < -0.4 is 9.80 Å². The second-order valence-electron chi connectivity index (χ2n) is 14.9. The van der Waals surface area contributed by atoms with E-state index < -0.39 is 10.8 Å². The molecule has 0 saturated carbocycles. The number of hydrogen-bond acceptors (Lipinski definition) is 2. The van der Waals surface area contributed by atoms with E-state index >= 15 is 0 Å². The molecule has 0 N–H and O–H groups in total.